The third-order valence-electron chi connectivity index (χ3n) is 25.2. The Bertz CT molecular complexity index is 7020. The highest BCUT2D eigenvalue weighted by Gasteiger charge is 2.35. The van der Waals surface area contributed by atoms with Gasteiger partial charge < -0.3 is 43.4 Å². The molecule has 133 heavy (non-hydrogen) atoms. The summed E-state index contributed by atoms with van der Waals surface area (Å²) in [5.41, 5.74) is 28.1. The van der Waals surface area contributed by atoms with Crippen LogP contribution >= 0.6 is 23.9 Å². The first-order valence-corrected chi connectivity index (χ1v) is 48.6. The van der Waals surface area contributed by atoms with Crippen LogP contribution in [0.3, 0.4) is 0 Å². The van der Waals surface area contributed by atoms with E-state index in [0.29, 0.717) is 0 Å². The van der Waals surface area contributed by atoms with Gasteiger partial charge in [-0.1, -0.05) is 281 Å². The molecule has 654 valence electrons. The molecule has 22 rings (SSSR count). The minimum Gasteiger partial charge on any atom is -0.496 e. The maximum absolute atomic E-state index is 6.16. The number of methoxy groups -OCH3 is 1. The molecule has 18 aromatic carbocycles. The van der Waals surface area contributed by atoms with Crippen molar-refractivity contribution in [1.82, 2.24) is 0 Å². The van der Waals surface area contributed by atoms with Crippen molar-refractivity contribution >= 4 is 170 Å². The smallest absolute Gasteiger partial charge is 0.135 e. The van der Waals surface area contributed by atoms with E-state index < -0.39 is 0 Å². The van der Waals surface area contributed by atoms with Crippen molar-refractivity contribution in [3.05, 3.63) is 477 Å². The molecule has 0 spiro atoms. The Morgan fingerprint density at radius 1 is 0.263 bits per heavy atom. The summed E-state index contributed by atoms with van der Waals surface area (Å²) in [4.78, 5) is 11.5. The monoisotopic (exact) mass is 1810 g/mol. The molecule has 2 heterocycles. The number of rotatable bonds is 22. The number of furan rings is 2. The van der Waals surface area contributed by atoms with Crippen molar-refractivity contribution in [1.29, 1.82) is 0 Å². The zero-order valence-corrected chi connectivity index (χ0v) is 77.4. The van der Waals surface area contributed by atoms with Crippen molar-refractivity contribution in [3.8, 4) is 16.9 Å². The fourth-order valence-corrected chi connectivity index (χ4v) is 23.2. The van der Waals surface area contributed by atoms with Crippen molar-refractivity contribution in [2.24, 2.45) is 0 Å². The molecule has 2 aliphatic rings. The summed E-state index contributed by atoms with van der Waals surface area (Å²) in [6, 6.07) is 163. The lowest BCUT2D eigenvalue weighted by Gasteiger charge is -2.39. The van der Waals surface area contributed by atoms with Gasteiger partial charge in [-0.05, 0) is 309 Å². The predicted octanol–water partition coefficient (Wildman–Crippen LogP) is 36.2. The van der Waals surface area contributed by atoms with E-state index in [1.165, 1.54) is 86.3 Å². The highest BCUT2D eigenvalue weighted by molar-refractivity contribution is 9.10. The van der Waals surface area contributed by atoms with Gasteiger partial charge in [0, 0.05) is 128 Å². The van der Waals surface area contributed by atoms with Crippen LogP contribution < -0.4 is 39.9 Å². The third-order valence-corrected chi connectivity index (χ3v) is 29.2. The lowest BCUT2D eigenvalue weighted by molar-refractivity contribution is 0.416. The summed E-state index contributed by atoms with van der Waals surface area (Å²) >= 11 is 3.46. The Kier molecular flexibility index (Phi) is 27.8. The van der Waals surface area contributed by atoms with E-state index in [-0.39, 0.29) is 7.92 Å². The summed E-state index contributed by atoms with van der Waals surface area (Å²) in [5.74, 6) is 1.02. The maximum Gasteiger partial charge on any atom is 0.135 e. The number of nitrogens with one attached hydrogen (secondary N) is 1. The van der Waals surface area contributed by atoms with E-state index in [2.05, 4.69) is 447 Å². The molecular formula is C122H106BrN6O3P. The summed E-state index contributed by atoms with van der Waals surface area (Å²) in [5, 5.41) is 9.68. The minimum atomic E-state index is -0.122. The van der Waals surface area contributed by atoms with E-state index in [0.717, 1.165) is 157 Å². The summed E-state index contributed by atoms with van der Waals surface area (Å²) in [7, 11) is 1.69. The largest absolute Gasteiger partial charge is 0.496 e. The molecule has 0 saturated heterocycles. The van der Waals surface area contributed by atoms with Crippen molar-refractivity contribution < 1.29 is 13.6 Å². The van der Waals surface area contributed by atoms with Gasteiger partial charge in [0.25, 0.3) is 0 Å². The van der Waals surface area contributed by atoms with E-state index in [4.69, 9.17) is 13.6 Å². The first-order valence-electron chi connectivity index (χ1n) is 46.4. The number of para-hydroxylation sites is 10. The second-order valence-electron chi connectivity index (χ2n) is 33.8. The number of anilines is 17. The van der Waals surface area contributed by atoms with E-state index in [9.17, 15) is 0 Å². The van der Waals surface area contributed by atoms with Gasteiger partial charge in [0.15, 0.2) is 0 Å². The minimum absolute atomic E-state index is 0.122. The SMILES string of the molecule is Brc1ccc2oc3ccccc3c2c1.COc1cccc(C)c1-c1ccccc1P(C1CCCCC1)C1CCCCC1.c1ccc(N(c2ccccc2)c2ccc(N(c3ccccc3)c3ccc(N(c4ccccc4)c4ccc5oc6ccccc6c5c4)cc3)cc2)cc1.c1ccc(Nc2ccc(N(c3ccccc3)c3ccc(N(c4ccccc4)c4ccccc4)cc3)cc2)cc1. The van der Waals surface area contributed by atoms with Crippen molar-refractivity contribution in [2.45, 2.75) is 82.4 Å². The number of hydrogen-bond donors (Lipinski definition) is 1. The van der Waals surface area contributed by atoms with Crippen LogP contribution in [0.25, 0.3) is 55.0 Å². The van der Waals surface area contributed by atoms with Crippen molar-refractivity contribution in [3.63, 3.8) is 0 Å². The number of aryl methyl sites for hydroxylation is 1. The van der Waals surface area contributed by atoms with Gasteiger partial charge in [0.2, 0.25) is 0 Å². The van der Waals surface area contributed by atoms with E-state index in [1.807, 2.05) is 79.9 Å². The van der Waals surface area contributed by atoms with Crippen LogP contribution in [-0.4, -0.2) is 18.4 Å². The molecule has 9 nitrogen and oxygen atoms in total. The standard InChI is InChI=1S/C48H35N3O.C36H29N3.C26H35OP.C12H7BrO/c1-5-15-36(16-6-1)49(37-17-7-2-8-18-37)40-25-27-41(28-26-40)50(38-19-9-3-10-20-38)42-29-31-43(32-30-42)51(39-21-11-4-12-22-39)44-33-34-48-46(35-44)45-23-13-14-24-47(45)52-48;1-5-13-29(14-6-1)37-30-21-23-34(24-22-30)39(33-19-11-4-12-20-33)36-27-25-35(26-28-36)38(31-15-7-2-8-16-31)32-17-9-3-10-18-32;1-20-12-11-18-24(27-2)26(20)23-17-9-10-19-25(23)28(21-13-5-3-6-14-21)22-15-7-4-8-16-22;13-8-5-6-12-10(7-8)9-3-1-2-4-11(9)14-12/h1-35H;1-28,37H;9-12,17-19,21-22H,3-8,13-16H2,1-2H3;1-7H. The average Bonchev–Trinajstić information content (AvgIpc) is 1.45. The molecule has 0 radical (unpaired) electrons. The van der Waals surface area contributed by atoms with Gasteiger partial charge >= 0.3 is 0 Å². The average molecular weight is 1820 g/mol. The molecule has 0 bridgehead atoms. The molecule has 2 aliphatic carbocycles. The molecule has 2 saturated carbocycles. The Labute approximate surface area is 791 Å². The predicted molar refractivity (Wildman–Crippen MR) is 568 cm³/mol. The fourth-order valence-electron chi connectivity index (χ4n) is 18.9. The van der Waals surface area contributed by atoms with Crippen LogP contribution in [0.4, 0.5) is 96.7 Å². The number of hydrogen-bond acceptors (Lipinski definition) is 9. The number of ether oxygens (including phenoxy) is 1. The number of halogens is 1. The van der Waals surface area contributed by atoms with Crippen LogP contribution in [0.15, 0.2) is 480 Å². The third kappa shape index (κ3) is 20.3. The molecule has 0 atom stereocenters. The van der Waals surface area contributed by atoms with E-state index in [1.54, 1.807) is 5.30 Å². The Morgan fingerprint density at radius 2 is 0.549 bits per heavy atom. The van der Waals surface area contributed by atoms with Gasteiger partial charge in [-0.3, -0.25) is 0 Å². The Hall–Kier alpha value is -14.9. The zero-order valence-electron chi connectivity index (χ0n) is 75.0. The zero-order chi connectivity index (χ0) is 89.9. The highest BCUT2D eigenvalue weighted by Crippen LogP contribution is 2.57. The van der Waals surface area contributed by atoms with Gasteiger partial charge in [-0.2, -0.15) is 0 Å². The van der Waals surface area contributed by atoms with Crippen LogP contribution in [0.5, 0.6) is 5.75 Å². The second kappa shape index (κ2) is 42.3. The fraction of sp³-hybridized carbons (Fsp3) is 0.115. The van der Waals surface area contributed by atoms with Crippen LogP contribution in [0, 0.1) is 6.92 Å². The molecule has 2 aromatic heterocycles. The quantitative estimate of drug-likeness (QED) is 0.0669. The molecule has 1 N–H and O–H groups in total. The van der Waals surface area contributed by atoms with Crippen LogP contribution in [0.1, 0.15) is 69.8 Å². The summed E-state index contributed by atoms with van der Waals surface area (Å²) in [6.07, 6.45) is 14.4. The summed E-state index contributed by atoms with van der Waals surface area (Å²) in [6.45, 7) is 2.23. The maximum atomic E-state index is 6.16. The number of benzene rings is 18. The molecule has 2 fully saturated rings. The lowest BCUT2D eigenvalue weighted by Crippen LogP contribution is -2.27. The molecule has 20 aromatic rings. The Morgan fingerprint density at radius 3 is 0.925 bits per heavy atom. The molecule has 0 aliphatic heterocycles. The second-order valence-corrected chi connectivity index (χ2v) is 37.5. The van der Waals surface area contributed by atoms with Gasteiger partial charge in [0.1, 0.15) is 28.1 Å². The van der Waals surface area contributed by atoms with Gasteiger partial charge in [0.05, 0.1) is 7.11 Å². The first kappa shape index (κ1) is 87.4. The Balaban J connectivity index is 0.000000124. The molecule has 0 amide bonds. The number of nitrogens with zero attached hydrogens (tertiary/aromatic N) is 5. The highest BCUT2D eigenvalue weighted by atomic mass is 79.9. The molecule has 11 heteroatoms. The normalized spacial score (nSPS) is 12.6. The van der Waals surface area contributed by atoms with Gasteiger partial charge in [-0.15, -0.1) is 0 Å². The van der Waals surface area contributed by atoms with E-state index >= 15 is 0 Å². The van der Waals surface area contributed by atoms with Crippen LogP contribution in [0.2, 0.25) is 0 Å². The van der Waals surface area contributed by atoms with Crippen molar-refractivity contribution in [2.75, 3.05) is 36.9 Å². The molecule has 0 unspecified atom stereocenters. The first-order chi connectivity index (χ1) is 65.8. The summed E-state index contributed by atoms with van der Waals surface area (Å²) < 4.78 is 18.7. The lowest BCUT2D eigenvalue weighted by atomic mass is 9.99. The molecular weight excluding hydrogens is 1710 g/mol. The number of fused-ring (bicyclic) bond motifs is 6. The van der Waals surface area contributed by atoms with Gasteiger partial charge in [-0.25, -0.2) is 0 Å². The topological polar surface area (TPSA) is 63.7 Å². The van der Waals surface area contributed by atoms with Crippen LogP contribution in [-0.2, 0) is 0 Å².